The van der Waals surface area contributed by atoms with E-state index in [0.717, 1.165) is 24.7 Å². The molecule has 0 spiro atoms. The number of benzene rings is 1. The minimum atomic E-state index is -0.318. The van der Waals surface area contributed by atoms with E-state index in [1.165, 1.54) is 5.56 Å². The Kier molecular flexibility index (Phi) is 4.16. The topological polar surface area (TPSA) is 32.3 Å². The first-order chi connectivity index (χ1) is 8.88. The third-order valence-electron chi connectivity index (χ3n) is 3.38. The van der Waals surface area contributed by atoms with Gasteiger partial charge in [-0.25, -0.2) is 0 Å². The van der Waals surface area contributed by atoms with Crippen molar-refractivity contribution in [3.63, 3.8) is 0 Å². The van der Waals surface area contributed by atoms with E-state index in [4.69, 9.17) is 11.6 Å². The van der Waals surface area contributed by atoms with Crippen LogP contribution in [-0.2, 0) is 4.79 Å². The number of amides is 1. The molecule has 0 aromatic heterocycles. The molecule has 1 N–H and O–H groups in total. The van der Waals surface area contributed by atoms with Gasteiger partial charge in [-0.1, -0.05) is 44.5 Å². The van der Waals surface area contributed by atoms with Crippen molar-refractivity contribution in [2.45, 2.75) is 26.8 Å². The van der Waals surface area contributed by atoms with Crippen molar-refractivity contribution < 1.29 is 4.79 Å². The van der Waals surface area contributed by atoms with Crippen molar-refractivity contribution in [2.24, 2.45) is 5.41 Å². The first-order valence-corrected chi connectivity index (χ1v) is 7.04. The highest BCUT2D eigenvalue weighted by Crippen LogP contribution is 2.23. The van der Waals surface area contributed by atoms with E-state index in [0.29, 0.717) is 0 Å². The number of piperazine rings is 1. The third kappa shape index (κ3) is 3.48. The van der Waals surface area contributed by atoms with Gasteiger partial charge in [0.2, 0.25) is 5.91 Å². The predicted octanol–water partition coefficient (Wildman–Crippen LogP) is 2.86. The van der Waals surface area contributed by atoms with Crippen LogP contribution in [0.2, 0.25) is 5.02 Å². The average molecular weight is 281 g/mol. The molecule has 19 heavy (non-hydrogen) atoms. The van der Waals surface area contributed by atoms with Crippen LogP contribution in [0.4, 0.5) is 0 Å². The summed E-state index contributed by atoms with van der Waals surface area (Å²) in [5.74, 6) is 0.216. The molecule has 3 nitrogen and oxygen atoms in total. The first-order valence-electron chi connectivity index (χ1n) is 6.66. The highest BCUT2D eigenvalue weighted by Gasteiger charge is 2.31. The molecule has 1 saturated heterocycles. The largest absolute Gasteiger partial charge is 0.339 e. The summed E-state index contributed by atoms with van der Waals surface area (Å²) in [7, 11) is 0. The molecule has 2 rings (SSSR count). The highest BCUT2D eigenvalue weighted by atomic mass is 35.5. The number of nitrogens with zero attached hydrogens (tertiary/aromatic N) is 1. The predicted molar refractivity (Wildman–Crippen MR) is 78.2 cm³/mol. The lowest BCUT2D eigenvalue weighted by Crippen LogP contribution is -2.51. The van der Waals surface area contributed by atoms with Gasteiger partial charge in [0.15, 0.2) is 0 Å². The van der Waals surface area contributed by atoms with Crippen LogP contribution < -0.4 is 5.32 Å². The van der Waals surface area contributed by atoms with Crippen molar-refractivity contribution in [2.75, 3.05) is 19.6 Å². The van der Waals surface area contributed by atoms with Crippen LogP contribution in [-0.4, -0.2) is 30.4 Å². The number of hydrogen-bond acceptors (Lipinski definition) is 2. The number of hydrogen-bond donors (Lipinski definition) is 1. The summed E-state index contributed by atoms with van der Waals surface area (Å²) in [4.78, 5) is 14.3. The van der Waals surface area contributed by atoms with Crippen molar-refractivity contribution in [3.05, 3.63) is 34.9 Å². The fraction of sp³-hybridized carbons (Fsp3) is 0.533. The van der Waals surface area contributed by atoms with E-state index < -0.39 is 0 Å². The van der Waals surface area contributed by atoms with Crippen molar-refractivity contribution in [1.82, 2.24) is 10.2 Å². The van der Waals surface area contributed by atoms with Crippen LogP contribution in [0.1, 0.15) is 32.4 Å². The molecule has 1 heterocycles. The number of carbonyl (C=O) groups excluding carboxylic acids is 1. The van der Waals surface area contributed by atoms with E-state index >= 15 is 0 Å². The van der Waals surface area contributed by atoms with Crippen LogP contribution >= 0.6 is 11.6 Å². The van der Waals surface area contributed by atoms with Gasteiger partial charge in [-0.2, -0.15) is 0 Å². The van der Waals surface area contributed by atoms with Crippen molar-refractivity contribution in [3.8, 4) is 0 Å². The van der Waals surface area contributed by atoms with Gasteiger partial charge in [-0.3, -0.25) is 4.79 Å². The summed E-state index contributed by atoms with van der Waals surface area (Å²) in [6, 6.07) is 8.01. The maximum atomic E-state index is 12.3. The molecule has 0 saturated carbocycles. The zero-order chi connectivity index (χ0) is 14.0. The normalized spacial score (nSPS) is 20.4. The smallest absolute Gasteiger partial charge is 0.228 e. The lowest BCUT2D eigenvalue weighted by atomic mass is 9.93. The molecule has 104 valence electrons. The lowest BCUT2D eigenvalue weighted by Gasteiger charge is -2.37. The lowest BCUT2D eigenvalue weighted by molar-refractivity contribution is -0.140. The first kappa shape index (κ1) is 14.4. The Bertz CT molecular complexity index is 450. The summed E-state index contributed by atoms with van der Waals surface area (Å²) < 4.78 is 0. The summed E-state index contributed by atoms with van der Waals surface area (Å²) >= 11 is 5.90. The van der Waals surface area contributed by atoms with Crippen LogP contribution in [0, 0.1) is 5.41 Å². The standard InChI is InChI=1S/C15H21ClN2O/c1-15(2,3)14(19)18-9-8-17-13(10-18)11-4-6-12(16)7-5-11/h4-7,13,17H,8-10H2,1-3H3. The summed E-state index contributed by atoms with van der Waals surface area (Å²) in [6.07, 6.45) is 0. The Morgan fingerprint density at radius 1 is 1.32 bits per heavy atom. The summed E-state index contributed by atoms with van der Waals surface area (Å²) in [5.41, 5.74) is 0.859. The second kappa shape index (κ2) is 5.51. The van der Waals surface area contributed by atoms with Crippen LogP contribution in [0.15, 0.2) is 24.3 Å². The molecule has 1 aromatic rings. The Labute approximate surface area is 119 Å². The zero-order valence-corrected chi connectivity index (χ0v) is 12.5. The number of carbonyl (C=O) groups is 1. The maximum Gasteiger partial charge on any atom is 0.228 e. The van der Waals surface area contributed by atoms with Crippen molar-refractivity contribution in [1.29, 1.82) is 0 Å². The van der Waals surface area contributed by atoms with Crippen LogP contribution in [0.25, 0.3) is 0 Å². The molecule has 1 atom stereocenters. The van der Waals surface area contributed by atoms with Gasteiger partial charge < -0.3 is 10.2 Å². The molecular formula is C15H21ClN2O. The van der Waals surface area contributed by atoms with Gasteiger partial charge in [0.05, 0.1) is 0 Å². The van der Waals surface area contributed by atoms with Gasteiger partial charge in [-0.05, 0) is 17.7 Å². The highest BCUT2D eigenvalue weighted by molar-refractivity contribution is 6.30. The molecule has 4 heteroatoms. The van der Waals surface area contributed by atoms with Gasteiger partial charge in [0.1, 0.15) is 0 Å². The number of rotatable bonds is 1. The Morgan fingerprint density at radius 3 is 2.53 bits per heavy atom. The number of nitrogens with one attached hydrogen (secondary N) is 1. The van der Waals surface area contributed by atoms with E-state index in [-0.39, 0.29) is 17.4 Å². The van der Waals surface area contributed by atoms with E-state index in [1.807, 2.05) is 49.9 Å². The Hall–Kier alpha value is -1.06. The molecule has 0 aliphatic carbocycles. The van der Waals surface area contributed by atoms with E-state index in [1.54, 1.807) is 0 Å². The molecular weight excluding hydrogens is 260 g/mol. The van der Waals surface area contributed by atoms with Gasteiger partial charge in [0.25, 0.3) is 0 Å². The quantitative estimate of drug-likeness (QED) is 0.858. The SMILES string of the molecule is CC(C)(C)C(=O)N1CCNC(c2ccc(Cl)cc2)C1. The molecule has 1 aliphatic rings. The molecule has 0 bridgehead atoms. The second-order valence-corrected chi connectivity index (χ2v) is 6.50. The van der Waals surface area contributed by atoms with E-state index in [9.17, 15) is 4.79 Å². The summed E-state index contributed by atoms with van der Waals surface area (Å²) in [5, 5.41) is 4.19. The minimum Gasteiger partial charge on any atom is -0.339 e. The maximum absolute atomic E-state index is 12.3. The average Bonchev–Trinajstić information content (AvgIpc) is 2.38. The second-order valence-electron chi connectivity index (χ2n) is 6.06. The summed E-state index contributed by atoms with van der Waals surface area (Å²) in [6.45, 7) is 8.23. The molecule has 1 fully saturated rings. The Balaban J connectivity index is 2.09. The molecule has 1 aliphatic heterocycles. The zero-order valence-electron chi connectivity index (χ0n) is 11.7. The monoisotopic (exact) mass is 280 g/mol. The molecule has 1 amide bonds. The van der Waals surface area contributed by atoms with E-state index in [2.05, 4.69) is 5.32 Å². The molecule has 1 unspecified atom stereocenters. The number of halogens is 1. The van der Waals surface area contributed by atoms with Gasteiger partial charge in [-0.15, -0.1) is 0 Å². The van der Waals surface area contributed by atoms with Crippen molar-refractivity contribution >= 4 is 17.5 Å². The third-order valence-corrected chi connectivity index (χ3v) is 3.63. The fourth-order valence-electron chi connectivity index (χ4n) is 2.33. The molecule has 1 aromatic carbocycles. The Morgan fingerprint density at radius 2 is 1.95 bits per heavy atom. The van der Waals surface area contributed by atoms with Crippen LogP contribution in [0.3, 0.4) is 0 Å². The van der Waals surface area contributed by atoms with Gasteiger partial charge in [0, 0.05) is 36.1 Å². The minimum absolute atomic E-state index is 0.192. The van der Waals surface area contributed by atoms with Crippen LogP contribution in [0.5, 0.6) is 0 Å². The fourth-order valence-corrected chi connectivity index (χ4v) is 2.45. The van der Waals surface area contributed by atoms with Gasteiger partial charge >= 0.3 is 0 Å². The molecule has 0 radical (unpaired) electrons.